The minimum atomic E-state index is -0.833. The normalized spacial score (nSPS) is 8.88. The summed E-state index contributed by atoms with van der Waals surface area (Å²) in [7, 11) is 0. The summed E-state index contributed by atoms with van der Waals surface area (Å²) in [5.74, 6) is -0.833. The standard InChI is InChI=1S/C12H25.C2H4O2.Na/c1-3-5-7-9-11-12-10-8-6-4-2;1-2(3)4;/h1,3-12H2,2H3;1H3,(H,3,4);/q-1;;+1. The van der Waals surface area contributed by atoms with Crippen LogP contribution in [0.15, 0.2) is 0 Å². The van der Waals surface area contributed by atoms with Gasteiger partial charge < -0.3 is 12.0 Å². The summed E-state index contributed by atoms with van der Waals surface area (Å²) in [5, 5.41) is 7.42. The minimum absolute atomic E-state index is 0. The van der Waals surface area contributed by atoms with E-state index in [1.54, 1.807) is 0 Å². The van der Waals surface area contributed by atoms with E-state index in [1.807, 2.05) is 0 Å². The predicted octanol–water partition coefficient (Wildman–Crippen LogP) is 1.84. The maximum atomic E-state index is 9.00. The molecule has 0 rings (SSSR count). The van der Waals surface area contributed by atoms with Crippen LogP contribution in [0.4, 0.5) is 0 Å². The molecule has 0 unspecified atom stereocenters. The summed E-state index contributed by atoms with van der Waals surface area (Å²) in [6.07, 6.45) is 13.9. The van der Waals surface area contributed by atoms with E-state index in [2.05, 4.69) is 13.8 Å². The van der Waals surface area contributed by atoms with Crippen LogP contribution >= 0.6 is 0 Å². The Morgan fingerprint density at radius 2 is 1.24 bits per heavy atom. The first-order chi connectivity index (χ1) is 7.65. The molecule has 0 aliphatic rings. The molecule has 1 N–H and O–H groups in total. The summed E-state index contributed by atoms with van der Waals surface area (Å²) < 4.78 is 0. The fraction of sp³-hybridized carbons (Fsp3) is 0.857. The molecule has 0 saturated heterocycles. The van der Waals surface area contributed by atoms with Crippen molar-refractivity contribution in [1.29, 1.82) is 0 Å². The van der Waals surface area contributed by atoms with Crippen LogP contribution in [0.25, 0.3) is 0 Å². The van der Waals surface area contributed by atoms with E-state index in [1.165, 1.54) is 57.8 Å². The van der Waals surface area contributed by atoms with Crippen molar-refractivity contribution in [2.24, 2.45) is 0 Å². The summed E-state index contributed by atoms with van der Waals surface area (Å²) in [6.45, 7) is 7.20. The summed E-state index contributed by atoms with van der Waals surface area (Å²) in [6, 6.07) is 0. The number of unbranched alkanes of at least 4 members (excludes halogenated alkanes) is 9. The Labute approximate surface area is 130 Å². The Morgan fingerprint density at radius 3 is 1.53 bits per heavy atom. The van der Waals surface area contributed by atoms with Gasteiger partial charge in [-0.15, -0.1) is 0 Å². The zero-order chi connectivity index (χ0) is 12.6. The third kappa shape index (κ3) is 38.5. The smallest absolute Gasteiger partial charge is 0.481 e. The topological polar surface area (TPSA) is 37.3 Å². The fourth-order valence-corrected chi connectivity index (χ4v) is 1.49. The van der Waals surface area contributed by atoms with Gasteiger partial charge in [-0.1, -0.05) is 64.7 Å². The second kappa shape index (κ2) is 21.7. The van der Waals surface area contributed by atoms with Gasteiger partial charge in [0.15, 0.2) is 0 Å². The predicted molar refractivity (Wildman–Crippen MR) is 70.5 cm³/mol. The van der Waals surface area contributed by atoms with Crippen molar-refractivity contribution < 1.29 is 39.5 Å². The maximum absolute atomic E-state index is 9.00. The van der Waals surface area contributed by atoms with E-state index in [0.29, 0.717) is 0 Å². The molecule has 0 heterocycles. The van der Waals surface area contributed by atoms with E-state index in [-0.39, 0.29) is 29.6 Å². The minimum Gasteiger partial charge on any atom is -0.481 e. The number of carboxylic acid groups (broad SMARTS) is 1. The molecule has 0 atom stereocenters. The van der Waals surface area contributed by atoms with Crippen LogP contribution in [0.5, 0.6) is 0 Å². The first kappa shape index (κ1) is 22.6. The van der Waals surface area contributed by atoms with Crippen LogP contribution in [-0.2, 0) is 4.79 Å². The van der Waals surface area contributed by atoms with Crippen molar-refractivity contribution in [3.63, 3.8) is 0 Å². The quantitative estimate of drug-likeness (QED) is 0.386. The van der Waals surface area contributed by atoms with Gasteiger partial charge in [0, 0.05) is 6.92 Å². The number of hydrogen-bond acceptors (Lipinski definition) is 1. The van der Waals surface area contributed by atoms with Crippen molar-refractivity contribution >= 4 is 5.97 Å². The molecule has 0 aromatic rings. The first-order valence-electron chi connectivity index (χ1n) is 6.63. The van der Waals surface area contributed by atoms with Crippen molar-refractivity contribution in [2.45, 2.75) is 78.1 Å². The molecule has 98 valence electrons. The van der Waals surface area contributed by atoms with Gasteiger partial charge in [0.05, 0.1) is 0 Å². The van der Waals surface area contributed by atoms with Crippen molar-refractivity contribution in [1.82, 2.24) is 0 Å². The molecule has 0 saturated carbocycles. The van der Waals surface area contributed by atoms with Gasteiger partial charge in [-0.3, -0.25) is 4.79 Å². The molecule has 0 spiro atoms. The molecule has 0 amide bonds. The van der Waals surface area contributed by atoms with Crippen molar-refractivity contribution in [3.8, 4) is 0 Å². The van der Waals surface area contributed by atoms with Gasteiger partial charge in [-0.05, 0) is 0 Å². The van der Waals surface area contributed by atoms with Gasteiger partial charge in [0.1, 0.15) is 0 Å². The molecular weight excluding hydrogens is 223 g/mol. The molecular formula is C14H29NaO2. The second-order valence-electron chi connectivity index (χ2n) is 4.20. The summed E-state index contributed by atoms with van der Waals surface area (Å²) in [4.78, 5) is 9.00. The van der Waals surface area contributed by atoms with Gasteiger partial charge >= 0.3 is 29.6 Å². The molecule has 0 radical (unpaired) electrons. The zero-order valence-electron chi connectivity index (χ0n) is 12.1. The molecule has 0 bridgehead atoms. The number of carboxylic acids is 1. The van der Waals surface area contributed by atoms with Crippen LogP contribution in [0.2, 0.25) is 0 Å². The Kier molecular flexibility index (Phi) is 28.9. The van der Waals surface area contributed by atoms with Gasteiger partial charge in [0.2, 0.25) is 0 Å². The molecule has 0 aromatic heterocycles. The van der Waals surface area contributed by atoms with E-state index >= 15 is 0 Å². The van der Waals surface area contributed by atoms with Gasteiger partial charge in [-0.2, -0.15) is 6.42 Å². The Bertz CT molecular complexity index is 124. The number of rotatable bonds is 9. The molecule has 0 fully saturated rings. The monoisotopic (exact) mass is 252 g/mol. The van der Waals surface area contributed by atoms with Gasteiger partial charge in [0.25, 0.3) is 5.97 Å². The van der Waals surface area contributed by atoms with Gasteiger partial charge in [-0.25, -0.2) is 0 Å². The van der Waals surface area contributed by atoms with E-state index in [4.69, 9.17) is 9.90 Å². The third-order valence-electron chi connectivity index (χ3n) is 2.35. The summed E-state index contributed by atoms with van der Waals surface area (Å²) in [5.41, 5.74) is 0. The Balaban J connectivity index is -0.000000340. The van der Waals surface area contributed by atoms with E-state index in [0.717, 1.165) is 13.3 Å². The van der Waals surface area contributed by atoms with Crippen LogP contribution in [0, 0.1) is 6.92 Å². The molecule has 2 nitrogen and oxygen atoms in total. The average molecular weight is 252 g/mol. The first-order valence-corrected chi connectivity index (χ1v) is 6.63. The maximum Gasteiger partial charge on any atom is 1.00 e. The Morgan fingerprint density at radius 1 is 0.941 bits per heavy atom. The molecule has 0 aliphatic heterocycles. The largest absolute Gasteiger partial charge is 1.00 e. The third-order valence-corrected chi connectivity index (χ3v) is 2.35. The van der Waals surface area contributed by atoms with Crippen molar-refractivity contribution in [3.05, 3.63) is 6.92 Å². The second-order valence-corrected chi connectivity index (χ2v) is 4.20. The fourth-order valence-electron chi connectivity index (χ4n) is 1.49. The summed E-state index contributed by atoms with van der Waals surface area (Å²) >= 11 is 0. The molecule has 17 heavy (non-hydrogen) atoms. The number of carbonyl (C=O) groups is 1. The van der Waals surface area contributed by atoms with E-state index < -0.39 is 5.97 Å². The molecule has 3 heteroatoms. The SMILES string of the molecule is CC(=O)O.[CH2-]CCCCCCCCCCC.[Na+]. The zero-order valence-corrected chi connectivity index (χ0v) is 14.1. The molecule has 0 aliphatic carbocycles. The van der Waals surface area contributed by atoms with E-state index in [9.17, 15) is 0 Å². The van der Waals surface area contributed by atoms with Crippen LogP contribution < -0.4 is 29.6 Å². The van der Waals surface area contributed by atoms with Crippen molar-refractivity contribution in [2.75, 3.05) is 0 Å². The number of aliphatic carboxylic acids is 1. The molecule has 0 aromatic carbocycles. The Hall–Kier alpha value is 0.470. The van der Waals surface area contributed by atoms with Crippen LogP contribution in [-0.4, -0.2) is 11.1 Å². The van der Waals surface area contributed by atoms with Crippen LogP contribution in [0.1, 0.15) is 78.1 Å². The average Bonchev–Trinajstić information content (AvgIpc) is 2.21. The van der Waals surface area contributed by atoms with Crippen LogP contribution in [0.3, 0.4) is 0 Å². The number of hydrogen-bond donors (Lipinski definition) is 1.